The summed E-state index contributed by atoms with van der Waals surface area (Å²) in [6.45, 7) is 3.05. The number of hydrogen-bond acceptors (Lipinski definition) is 6. The lowest BCUT2D eigenvalue weighted by Gasteiger charge is -2.30. The first-order valence-electron chi connectivity index (χ1n) is 9.14. The first kappa shape index (κ1) is 19.5. The molecule has 2 aromatic carbocycles. The van der Waals surface area contributed by atoms with Gasteiger partial charge in [0.15, 0.2) is 11.5 Å². The van der Waals surface area contributed by atoms with E-state index in [1.807, 2.05) is 36.4 Å². The monoisotopic (exact) mass is 373 g/mol. The molecule has 1 fully saturated rings. The van der Waals surface area contributed by atoms with Gasteiger partial charge in [0.1, 0.15) is 12.7 Å². The second kappa shape index (κ2) is 10.2. The fourth-order valence-electron chi connectivity index (χ4n) is 2.97. The highest BCUT2D eigenvalue weighted by molar-refractivity contribution is 5.51. The maximum absolute atomic E-state index is 5.93. The summed E-state index contributed by atoms with van der Waals surface area (Å²) in [6, 6.07) is 15.7. The fraction of sp³-hybridized carbons (Fsp3) is 0.429. The van der Waals surface area contributed by atoms with E-state index in [2.05, 4.69) is 17.4 Å². The smallest absolute Gasteiger partial charge is 0.203 e. The molecular formula is C21H27NO5. The molecule has 6 nitrogen and oxygen atoms in total. The van der Waals surface area contributed by atoms with Gasteiger partial charge in [-0.05, 0) is 17.7 Å². The molecule has 1 saturated heterocycles. The van der Waals surface area contributed by atoms with Crippen molar-refractivity contribution in [1.29, 1.82) is 0 Å². The Morgan fingerprint density at radius 3 is 2.30 bits per heavy atom. The SMILES string of the molecule is COc1cccc(OC)c1OCCNC[C@@H]1CO[C@@H](c2ccccc2)CO1. The molecule has 0 unspecified atom stereocenters. The number of para-hydroxylation sites is 1. The maximum Gasteiger partial charge on any atom is 0.203 e. The van der Waals surface area contributed by atoms with Crippen molar-refractivity contribution in [2.75, 3.05) is 47.1 Å². The number of methoxy groups -OCH3 is 2. The van der Waals surface area contributed by atoms with Gasteiger partial charge in [-0.2, -0.15) is 0 Å². The van der Waals surface area contributed by atoms with Crippen molar-refractivity contribution in [2.24, 2.45) is 0 Å². The van der Waals surface area contributed by atoms with Gasteiger partial charge >= 0.3 is 0 Å². The maximum atomic E-state index is 5.93. The topological polar surface area (TPSA) is 58.2 Å². The van der Waals surface area contributed by atoms with Gasteiger partial charge in [0, 0.05) is 13.1 Å². The third-order valence-electron chi connectivity index (χ3n) is 4.42. The molecule has 2 atom stereocenters. The van der Waals surface area contributed by atoms with E-state index in [9.17, 15) is 0 Å². The van der Waals surface area contributed by atoms with Gasteiger partial charge in [0.05, 0.1) is 33.5 Å². The predicted octanol–water partition coefficient (Wildman–Crippen LogP) is 2.83. The minimum atomic E-state index is 0.0174. The van der Waals surface area contributed by atoms with Crippen LogP contribution in [0.1, 0.15) is 11.7 Å². The Kier molecular flexibility index (Phi) is 7.33. The summed E-state index contributed by atoms with van der Waals surface area (Å²) in [5, 5.41) is 3.34. The molecule has 27 heavy (non-hydrogen) atoms. The van der Waals surface area contributed by atoms with E-state index in [-0.39, 0.29) is 12.2 Å². The van der Waals surface area contributed by atoms with Crippen LogP contribution in [-0.4, -0.2) is 53.2 Å². The molecular weight excluding hydrogens is 346 g/mol. The van der Waals surface area contributed by atoms with Gasteiger partial charge in [-0.1, -0.05) is 36.4 Å². The van der Waals surface area contributed by atoms with Crippen molar-refractivity contribution in [2.45, 2.75) is 12.2 Å². The molecule has 0 saturated carbocycles. The zero-order chi connectivity index (χ0) is 18.9. The van der Waals surface area contributed by atoms with Crippen molar-refractivity contribution in [3.63, 3.8) is 0 Å². The highest BCUT2D eigenvalue weighted by Gasteiger charge is 2.23. The first-order chi connectivity index (χ1) is 13.3. The van der Waals surface area contributed by atoms with Crippen molar-refractivity contribution in [3.8, 4) is 17.2 Å². The van der Waals surface area contributed by atoms with E-state index >= 15 is 0 Å². The van der Waals surface area contributed by atoms with Crippen LogP contribution in [-0.2, 0) is 9.47 Å². The van der Waals surface area contributed by atoms with Crippen molar-refractivity contribution < 1.29 is 23.7 Å². The van der Waals surface area contributed by atoms with E-state index in [1.54, 1.807) is 14.2 Å². The number of ether oxygens (including phenoxy) is 5. The highest BCUT2D eigenvalue weighted by Crippen LogP contribution is 2.36. The second-order valence-electron chi connectivity index (χ2n) is 6.23. The normalized spacial score (nSPS) is 19.5. The van der Waals surface area contributed by atoms with Crippen molar-refractivity contribution in [3.05, 3.63) is 54.1 Å². The Balaban J connectivity index is 1.36. The zero-order valence-corrected chi connectivity index (χ0v) is 15.9. The Hall–Kier alpha value is -2.28. The van der Waals surface area contributed by atoms with Crippen LogP contribution in [0.25, 0.3) is 0 Å². The molecule has 2 aromatic rings. The summed E-state index contributed by atoms with van der Waals surface area (Å²) in [4.78, 5) is 0. The quantitative estimate of drug-likeness (QED) is 0.682. The number of rotatable bonds is 9. The number of nitrogens with one attached hydrogen (secondary N) is 1. The molecule has 1 aliphatic rings. The van der Waals surface area contributed by atoms with Crippen molar-refractivity contribution in [1.82, 2.24) is 5.32 Å². The molecule has 0 radical (unpaired) electrons. The van der Waals surface area contributed by atoms with Gasteiger partial charge < -0.3 is 29.0 Å². The second-order valence-corrected chi connectivity index (χ2v) is 6.23. The predicted molar refractivity (Wildman–Crippen MR) is 103 cm³/mol. The van der Waals surface area contributed by atoms with Gasteiger partial charge in [-0.15, -0.1) is 0 Å². The molecule has 146 valence electrons. The average molecular weight is 373 g/mol. The molecule has 6 heteroatoms. The van der Waals surface area contributed by atoms with E-state index < -0.39 is 0 Å². The number of benzene rings is 2. The van der Waals surface area contributed by atoms with E-state index in [0.29, 0.717) is 50.2 Å². The molecule has 1 aliphatic heterocycles. The fourth-order valence-corrected chi connectivity index (χ4v) is 2.97. The summed E-state index contributed by atoms with van der Waals surface area (Å²) in [5.41, 5.74) is 1.16. The van der Waals surface area contributed by atoms with Crippen LogP contribution in [0.3, 0.4) is 0 Å². The molecule has 0 amide bonds. The van der Waals surface area contributed by atoms with Crippen LogP contribution in [0.4, 0.5) is 0 Å². The Morgan fingerprint density at radius 2 is 1.67 bits per heavy atom. The number of hydrogen-bond donors (Lipinski definition) is 1. The van der Waals surface area contributed by atoms with Crippen LogP contribution in [0, 0.1) is 0 Å². The third kappa shape index (κ3) is 5.35. The van der Waals surface area contributed by atoms with Crippen LogP contribution >= 0.6 is 0 Å². The largest absolute Gasteiger partial charge is 0.493 e. The molecule has 0 bridgehead atoms. The van der Waals surface area contributed by atoms with Gasteiger partial charge in [-0.25, -0.2) is 0 Å². The third-order valence-corrected chi connectivity index (χ3v) is 4.42. The zero-order valence-electron chi connectivity index (χ0n) is 15.9. The minimum absolute atomic E-state index is 0.0174. The summed E-state index contributed by atoms with van der Waals surface area (Å²) in [6.07, 6.45) is 0.0644. The standard InChI is InChI=1S/C21H27NO5/c1-23-18-9-6-10-19(24-2)21(18)25-12-11-22-13-17-14-27-20(15-26-17)16-7-4-3-5-8-16/h3-10,17,20,22H,11-15H2,1-2H3/t17-,20-/m1/s1. The minimum Gasteiger partial charge on any atom is -0.493 e. The van der Waals surface area contributed by atoms with Crippen LogP contribution in [0.15, 0.2) is 48.5 Å². The molecule has 0 aliphatic carbocycles. The molecule has 1 heterocycles. The van der Waals surface area contributed by atoms with Crippen LogP contribution in [0.5, 0.6) is 17.2 Å². The summed E-state index contributed by atoms with van der Waals surface area (Å²) in [7, 11) is 3.23. The van der Waals surface area contributed by atoms with E-state index in [0.717, 1.165) is 5.56 Å². The van der Waals surface area contributed by atoms with Gasteiger partial charge in [-0.3, -0.25) is 0 Å². The lowest BCUT2D eigenvalue weighted by Crippen LogP contribution is -2.39. The Labute approximate surface area is 160 Å². The van der Waals surface area contributed by atoms with E-state index in [1.165, 1.54) is 0 Å². The summed E-state index contributed by atoms with van der Waals surface area (Å²) < 4.78 is 28.3. The van der Waals surface area contributed by atoms with E-state index in [4.69, 9.17) is 23.7 Å². The lowest BCUT2D eigenvalue weighted by molar-refractivity contribution is -0.133. The molecule has 1 N–H and O–H groups in total. The Bertz CT molecular complexity index is 664. The average Bonchev–Trinajstić information content (AvgIpc) is 2.74. The highest BCUT2D eigenvalue weighted by atomic mass is 16.6. The molecule has 3 rings (SSSR count). The van der Waals surface area contributed by atoms with Gasteiger partial charge in [0.25, 0.3) is 0 Å². The van der Waals surface area contributed by atoms with Crippen molar-refractivity contribution >= 4 is 0 Å². The lowest BCUT2D eigenvalue weighted by atomic mass is 10.1. The molecule has 0 spiro atoms. The van der Waals surface area contributed by atoms with Gasteiger partial charge in [0.2, 0.25) is 5.75 Å². The Morgan fingerprint density at radius 1 is 0.926 bits per heavy atom. The van der Waals surface area contributed by atoms with Crippen LogP contribution in [0.2, 0.25) is 0 Å². The first-order valence-corrected chi connectivity index (χ1v) is 9.14. The summed E-state index contributed by atoms with van der Waals surface area (Å²) >= 11 is 0. The summed E-state index contributed by atoms with van der Waals surface area (Å²) in [5.74, 6) is 1.93. The molecule has 0 aromatic heterocycles. The van der Waals surface area contributed by atoms with Crippen LogP contribution < -0.4 is 19.5 Å².